The molecule has 0 saturated heterocycles. The third-order valence-corrected chi connectivity index (χ3v) is 14.2. The minimum Gasteiger partial charge on any atom is -0.497 e. The van der Waals surface area contributed by atoms with Gasteiger partial charge in [0.15, 0.2) is 8.32 Å². The van der Waals surface area contributed by atoms with E-state index in [1.165, 1.54) is 0 Å². The molecule has 5 aromatic rings. The number of aromatic nitrogens is 2. The van der Waals surface area contributed by atoms with E-state index in [1.54, 1.807) is 7.11 Å². The van der Waals surface area contributed by atoms with Crippen LogP contribution >= 0.6 is 15.9 Å². The van der Waals surface area contributed by atoms with E-state index in [9.17, 15) is 9.59 Å². The predicted octanol–water partition coefficient (Wildman–Crippen LogP) is 7.98. The van der Waals surface area contributed by atoms with Crippen molar-refractivity contribution in [1.29, 1.82) is 0 Å². The Balaban J connectivity index is 1.55. The van der Waals surface area contributed by atoms with E-state index in [-0.39, 0.29) is 29.0 Å². The van der Waals surface area contributed by atoms with Crippen LogP contribution in [0.1, 0.15) is 53.9 Å². The molecule has 0 fully saturated rings. The van der Waals surface area contributed by atoms with Crippen LogP contribution in [0.3, 0.4) is 0 Å². The number of benzene rings is 3. The fourth-order valence-electron chi connectivity index (χ4n) is 6.28. The van der Waals surface area contributed by atoms with Crippen molar-refractivity contribution in [2.75, 3.05) is 7.11 Å². The third kappa shape index (κ3) is 3.78. The van der Waals surface area contributed by atoms with Gasteiger partial charge in [-0.2, -0.15) is 0 Å². The topological polar surface area (TPSA) is 85.3 Å². The number of amides is 2. The van der Waals surface area contributed by atoms with E-state index < -0.39 is 8.32 Å². The van der Waals surface area contributed by atoms with Gasteiger partial charge in [-0.05, 0) is 54.5 Å². The van der Waals surface area contributed by atoms with Crippen LogP contribution in [0.15, 0.2) is 53.0 Å². The lowest BCUT2D eigenvalue weighted by atomic mass is 9.96. The molecule has 0 spiro atoms. The van der Waals surface area contributed by atoms with Gasteiger partial charge in [-0.1, -0.05) is 48.9 Å². The van der Waals surface area contributed by atoms with Crippen molar-refractivity contribution < 1.29 is 18.8 Å². The van der Waals surface area contributed by atoms with Crippen LogP contribution < -0.4 is 10.1 Å². The molecule has 41 heavy (non-hydrogen) atoms. The van der Waals surface area contributed by atoms with E-state index in [0.29, 0.717) is 16.9 Å². The monoisotopic (exact) mass is 629 g/mol. The summed E-state index contributed by atoms with van der Waals surface area (Å²) < 4.78 is 15.6. The maximum absolute atomic E-state index is 13.5. The Morgan fingerprint density at radius 3 is 2.41 bits per heavy atom. The molecule has 0 saturated carbocycles. The predicted molar refractivity (Wildman–Crippen MR) is 170 cm³/mol. The van der Waals surface area contributed by atoms with Gasteiger partial charge in [0.25, 0.3) is 11.8 Å². The largest absolute Gasteiger partial charge is 0.497 e. The molecule has 3 aromatic carbocycles. The summed E-state index contributed by atoms with van der Waals surface area (Å²) in [6.45, 7) is 11.3. The van der Waals surface area contributed by atoms with Gasteiger partial charge >= 0.3 is 0 Å². The number of hydrogen-bond donors (Lipinski definition) is 2. The summed E-state index contributed by atoms with van der Waals surface area (Å²) in [5.74, 6) is -0.0498. The molecule has 7 rings (SSSR count). The zero-order valence-corrected chi connectivity index (χ0v) is 26.5. The van der Waals surface area contributed by atoms with E-state index in [2.05, 4.69) is 82.9 Å². The summed E-state index contributed by atoms with van der Waals surface area (Å²) in [6, 6.07) is 12.0. The first kappa shape index (κ1) is 26.5. The quantitative estimate of drug-likeness (QED) is 0.120. The molecule has 0 unspecified atom stereocenters. The normalized spacial score (nSPS) is 19.3. The standard InChI is InChI=1S/C32H32BrN3O4Si/c1-32(2,3)41(5,6)40-19-9-8-17(14-19)36-23-12-10-18(39-4)15-21(23)25-27-26(30(37)35-31(27)38)24-20-13-16(33)7-11-22(20)34-28(24)29(25)36/h7-13,15,17,19,34H,14H2,1-6H3,(H,35,37,38)/t17-,19+/m1/s1. The second-order valence-corrected chi connectivity index (χ2v) is 18.4. The molecule has 7 nitrogen and oxygen atoms in total. The molecule has 210 valence electrons. The molecule has 0 radical (unpaired) electrons. The fourth-order valence-corrected chi connectivity index (χ4v) is 7.93. The molecule has 1 aliphatic carbocycles. The Bertz CT molecular complexity index is 2000. The highest BCUT2D eigenvalue weighted by molar-refractivity contribution is 9.10. The summed E-state index contributed by atoms with van der Waals surface area (Å²) in [5.41, 5.74) is 4.47. The fraction of sp³-hybridized carbons (Fsp3) is 0.312. The highest BCUT2D eigenvalue weighted by Gasteiger charge is 2.41. The molecular weight excluding hydrogens is 598 g/mol. The molecule has 9 heteroatoms. The van der Waals surface area contributed by atoms with Crippen LogP contribution in [-0.2, 0) is 4.43 Å². The number of carbonyl (C=O) groups excluding carboxylic acids is 2. The number of halogens is 1. The van der Waals surface area contributed by atoms with Crippen molar-refractivity contribution in [3.8, 4) is 5.75 Å². The SMILES string of the molecule is COc1ccc2c(c1)c1c3c(c4c5cc(Br)ccc5[nH]c4c1n2[C@@H]1C=C[C@H](O[Si](C)(C)C(C)(C)C)C1)C(=O)NC3=O. The Morgan fingerprint density at radius 1 is 0.976 bits per heavy atom. The van der Waals surface area contributed by atoms with Crippen LogP contribution in [0, 0.1) is 0 Å². The highest BCUT2D eigenvalue weighted by atomic mass is 79.9. The number of nitrogens with one attached hydrogen (secondary N) is 2. The Morgan fingerprint density at radius 2 is 1.71 bits per heavy atom. The molecule has 3 heterocycles. The van der Waals surface area contributed by atoms with Gasteiger partial charge in [-0.3, -0.25) is 14.9 Å². The van der Waals surface area contributed by atoms with Crippen molar-refractivity contribution in [2.45, 2.75) is 57.5 Å². The molecule has 2 atom stereocenters. The van der Waals surface area contributed by atoms with Crippen molar-refractivity contribution in [3.05, 3.63) is 64.1 Å². The van der Waals surface area contributed by atoms with Crippen LogP contribution in [0.5, 0.6) is 5.75 Å². The van der Waals surface area contributed by atoms with Gasteiger partial charge in [0, 0.05) is 38.0 Å². The number of H-pyrrole nitrogens is 1. The maximum atomic E-state index is 13.5. The molecule has 2 aliphatic rings. The van der Waals surface area contributed by atoms with Crippen LogP contribution in [0.4, 0.5) is 0 Å². The lowest BCUT2D eigenvalue weighted by molar-refractivity contribution is 0.0880. The summed E-state index contributed by atoms with van der Waals surface area (Å²) in [6.07, 6.45) is 5.20. The number of imide groups is 1. The van der Waals surface area contributed by atoms with Gasteiger partial charge in [0.2, 0.25) is 0 Å². The van der Waals surface area contributed by atoms with E-state index >= 15 is 0 Å². The number of aromatic amines is 1. The van der Waals surface area contributed by atoms with Crippen molar-refractivity contribution >= 4 is 79.7 Å². The van der Waals surface area contributed by atoms with Gasteiger partial charge in [0.1, 0.15) is 5.75 Å². The van der Waals surface area contributed by atoms with E-state index in [1.807, 2.05) is 30.3 Å². The van der Waals surface area contributed by atoms with Gasteiger partial charge in [0.05, 0.1) is 46.9 Å². The highest BCUT2D eigenvalue weighted by Crippen LogP contribution is 2.47. The van der Waals surface area contributed by atoms with E-state index in [4.69, 9.17) is 9.16 Å². The van der Waals surface area contributed by atoms with Crippen LogP contribution in [0.2, 0.25) is 18.1 Å². The first-order chi connectivity index (χ1) is 19.4. The number of hydrogen-bond acceptors (Lipinski definition) is 4. The van der Waals surface area contributed by atoms with E-state index in [0.717, 1.165) is 54.5 Å². The lowest BCUT2D eigenvalue weighted by Gasteiger charge is -2.38. The summed E-state index contributed by atoms with van der Waals surface area (Å²) in [4.78, 5) is 30.4. The minimum atomic E-state index is -1.98. The zero-order chi connectivity index (χ0) is 29.0. The summed E-state index contributed by atoms with van der Waals surface area (Å²) >= 11 is 3.60. The second-order valence-electron chi connectivity index (χ2n) is 12.7. The first-order valence-electron chi connectivity index (χ1n) is 13.9. The van der Waals surface area contributed by atoms with Crippen LogP contribution in [-0.4, -0.2) is 42.9 Å². The number of ether oxygens (including phenoxy) is 1. The third-order valence-electron chi connectivity index (χ3n) is 9.24. The number of rotatable bonds is 4. The lowest BCUT2D eigenvalue weighted by Crippen LogP contribution is -2.43. The zero-order valence-electron chi connectivity index (χ0n) is 23.9. The summed E-state index contributed by atoms with van der Waals surface area (Å²) in [7, 11) is -0.348. The molecule has 1 aliphatic heterocycles. The van der Waals surface area contributed by atoms with Crippen molar-refractivity contribution in [2.24, 2.45) is 0 Å². The van der Waals surface area contributed by atoms with Crippen LogP contribution in [0.25, 0.3) is 43.6 Å². The van der Waals surface area contributed by atoms with Crippen molar-refractivity contribution in [1.82, 2.24) is 14.9 Å². The molecule has 2 N–H and O–H groups in total. The van der Waals surface area contributed by atoms with Gasteiger partial charge in [-0.25, -0.2) is 0 Å². The maximum Gasteiger partial charge on any atom is 0.259 e. The second kappa shape index (κ2) is 8.80. The average Bonchev–Trinajstić information content (AvgIpc) is 3.65. The number of methoxy groups -OCH3 is 1. The number of carbonyl (C=O) groups is 2. The average molecular weight is 631 g/mol. The Hall–Kier alpha value is -3.40. The molecule has 2 amide bonds. The van der Waals surface area contributed by atoms with Gasteiger partial charge in [-0.15, -0.1) is 0 Å². The first-order valence-corrected chi connectivity index (χ1v) is 17.6. The van der Waals surface area contributed by atoms with Gasteiger partial charge < -0.3 is 18.7 Å². The summed E-state index contributed by atoms with van der Waals surface area (Å²) in [5, 5.41) is 5.99. The Kier molecular flexibility index (Phi) is 5.69. The van der Waals surface area contributed by atoms with Crippen molar-refractivity contribution in [3.63, 3.8) is 0 Å². The smallest absolute Gasteiger partial charge is 0.259 e. The molecule has 2 aromatic heterocycles. The number of fused-ring (bicyclic) bond motifs is 10. The molecular formula is C32H32BrN3O4Si. The Labute approximate surface area is 247 Å². The molecule has 0 bridgehead atoms. The number of nitrogens with zero attached hydrogens (tertiary/aromatic N) is 1. The minimum absolute atomic E-state index is 0.0000962. The number of allylic oxidation sites excluding steroid dienone is 1.